The van der Waals surface area contributed by atoms with Crippen molar-refractivity contribution in [3.63, 3.8) is 0 Å². The molecule has 6 aromatic rings. The summed E-state index contributed by atoms with van der Waals surface area (Å²) in [6.45, 7) is 0. The number of halogens is 1. The van der Waals surface area contributed by atoms with Crippen LogP contribution in [0.25, 0.3) is 55.7 Å². The fourth-order valence-corrected chi connectivity index (χ4v) is 3.89. The molecule has 150 valence electrons. The molecule has 0 radical (unpaired) electrons. The zero-order valence-corrected chi connectivity index (χ0v) is 16.5. The Hall–Kier alpha value is -4.33. The van der Waals surface area contributed by atoms with Crippen LogP contribution in [0.5, 0.6) is 0 Å². The number of benzene rings is 1. The predicted molar refractivity (Wildman–Crippen MR) is 117 cm³/mol. The number of aryl methyl sites for hydroxylation is 1. The highest BCUT2D eigenvalue weighted by molar-refractivity contribution is 6.00. The van der Waals surface area contributed by atoms with E-state index in [0.29, 0.717) is 16.9 Å². The minimum absolute atomic E-state index is 0.305. The zero-order valence-electron chi connectivity index (χ0n) is 16.5. The lowest BCUT2D eigenvalue weighted by Gasteiger charge is -2.03. The molecular weight excluding hydrogens is 393 g/mol. The number of rotatable bonds is 3. The van der Waals surface area contributed by atoms with Crippen LogP contribution in [-0.4, -0.2) is 34.9 Å². The van der Waals surface area contributed by atoms with Gasteiger partial charge in [-0.3, -0.25) is 14.8 Å². The third kappa shape index (κ3) is 2.80. The molecule has 0 aliphatic carbocycles. The highest BCUT2D eigenvalue weighted by Gasteiger charge is 2.16. The van der Waals surface area contributed by atoms with Gasteiger partial charge in [0.25, 0.3) is 0 Å². The number of hydrogen-bond acceptors (Lipinski definition) is 4. The lowest BCUT2D eigenvalue weighted by molar-refractivity contribution is 0.631. The summed E-state index contributed by atoms with van der Waals surface area (Å²) in [5.74, 6) is -0.305. The summed E-state index contributed by atoms with van der Waals surface area (Å²) in [4.78, 5) is 12.3. The molecule has 0 bridgehead atoms. The standard InChI is InChI=1S/C23H16FN7/c1-31-12-14(11-27-31)13-8-17-22(29-30-23(17)26-10-13)20-9-16-19(28-20)6-7-25-21(16)15-4-2-3-5-18(15)24/h2-12,28H,1H3,(H,26,29,30). The molecule has 0 fully saturated rings. The molecule has 6 rings (SSSR count). The molecule has 0 spiro atoms. The van der Waals surface area contributed by atoms with Crippen LogP contribution in [0.2, 0.25) is 0 Å². The summed E-state index contributed by atoms with van der Waals surface area (Å²) in [5, 5.41) is 13.4. The van der Waals surface area contributed by atoms with Gasteiger partial charge in [-0.2, -0.15) is 10.2 Å². The summed E-state index contributed by atoms with van der Waals surface area (Å²) in [5.41, 5.74) is 6.07. The van der Waals surface area contributed by atoms with Crippen molar-refractivity contribution >= 4 is 21.9 Å². The number of nitrogens with zero attached hydrogens (tertiary/aromatic N) is 5. The fraction of sp³-hybridized carbons (Fsp3) is 0.0435. The van der Waals surface area contributed by atoms with E-state index in [4.69, 9.17) is 0 Å². The Morgan fingerprint density at radius 2 is 1.84 bits per heavy atom. The smallest absolute Gasteiger partial charge is 0.155 e. The third-order valence-corrected chi connectivity index (χ3v) is 5.39. The lowest BCUT2D eigenvalue weighted by Crippen LogP contribution is -1.87. The van der Waals surface area contributed by atoms with Crippen molar-refractivity contribution in [3.05, 3.63) is 73.1 Å². The molecule has 0 unspecified atom stereocenters. The van der Waals surface area contributed by atoms with E-state index >= 15 is 0 Å². The van der Waals surface area contributed by atoms with Gasteiger partial charge in [0.05, 0.1) is 17.6 Å². The van der Waals surface area contributed by atoms with Crippen molar-refractivity contribution in [2.45, 2.75) is 0 Å². The highest BCUT2D eigenvalue weighted by atomic mass is 19.1. The van der Waals surface area contributed by atoms with Crippen molar-refractivity contribution in [1.29, 1.82) is 0 Å². The average Bonchev–Trinajstić information content (AvgIpc) is 3.50. The molecule has 5 heterocycles. The molecule has 5 aromatic heterocycles. The topological polar surface area (TPSA) is 88.1 Å². The van der Waals surface area contributed by atoms with Gasteiger partial charge >= 0.3 is 0 Å². The largest absolute Gasteiger partial charge is 0.353 e. The summed E-state index contributed by atoms with van der Waals surface area (Å²) < 4.78 is 16.2. The Morgan fingerprint density at radius 3 is 2.68 bits per heavy atom. The number of hydrogen-bond donors (Lipinski definition) is 2. The Balaban J connectivity index is 1.52. The van der Waals surface area contributed by atoms with Crippen LogP contribution >= 0.6 is 0 Å². The maximum Gasteiger partial charge on any atom is 0.155 e. The van der Waals surface area contributed by atoms with Gasteiger partial charge in [-0.25, -0.2) is 9.37 Å². The molecule has 31 heavy (non-hydrogen) atoms. The molecule has 7 nitrogen and oxygen atoms in total. The first-order valence-corrected chi connectivity index (χ1v) is 9.73. The molecule has 0 atom stereocenters. The van der Waals surface area contributed by atoms with E-state index in [-0.39, 0.29) is 5.82 Å². The van der Waals surface area contributed by atoms with Gasteiger partial charge in [0.2, 0.25) is 0 Å². The second kappa shape index (κ2) is 6.60. The Kier molecular flexibility index (Phi) is 3.73. The van der Waals surface area contributed by atoms with Gasteiger partial charge in [-0.15, -0.1) is 0 Å². The average molecular weight is 409 g/mol. The molecule has 8 heteroatoms. The fourth-order valence-electron chi connectivity index (χ4n) is 3.89. The monoisotopic (exact) mass is 409 g/mol. The van der Waals surface area contributed by atoms with E-state index < -0.39 is 0 Å². The van der Waals surface area contributed by atoms with Gasteiger partial charge in [0.1, 0.15) is 11.5 Å². The predicted octanol–water partition coefficient (Wildman–Crippen LogP) is 4.71. The number of H-pyrrole nitrogens is 2. The summed E-state index contributed by atoms with van der Waals surface area (Å²) in [7, 11) is 1.88. The quantitative estimate of drug-likeness (QED) is 0.443. The first kappa shape index (κ1) is 17.5. The van der Waals surface area contributed by atoms with Crippen LogP contribution in [0.1, 0.15) is 0 Å². The molecule has 0 amide bonds. The molecule has 0 aliphatic heterocycles. The maximum atomic E-state index is 14.4. The van der Waals surface area contributed by atoms with Crippen LogP contribution in [-0.2, 0) is 7.05 Å². The van der Waals surface area contributed by atoms with Gasteiger partial charge < -0.3 is 4.98 Å². The van der Waals surface area contributed by atoms with Crippen LogP contribution in [0.15, 0.2) is 67.3 Å². The second-order valence-electron chi connectivity index (χ2n) is 7.38. The van der Waals surface area contributed by atoms with Crippen LogP contribution in [0.4, 0.5) is 4.39 Å². The summed E-state index contributed by atoms with van der Waals surface area (Å²) in [6, 6.07) is 12.5. The normalized spacial score (nSPS) is 11.5. The summed E-state index contributed by atoms with van der Waals surface area (Å²) >= 11 is 0. The molecular formula is C23H16FN7. The molecule has 0 saturated carbocycles. The third-order valence-electron chi connectivity index (χ3n) is 5.39. The Morgan fingerprint density at radius 1 is 0.935 bits per heavy atom. The maximum absolute atomic E-state index is 14.4. The number of nitrogens with one attached hydrogen (secondary N) is 2. The molecule has 1 aromatic carbocycles. The van der Waals surface area contributed by atoms with Crippen molar-refractivity contribution in [3.8, 4) is 33.8 Å². The zero-order chi connectivity index (χ0) is 20.9. The number of aromatic nitrogens is 7. The first-order valence-electron chi connectivity index (χ1n) is 9.73. The van der Waals surface area contributed by atoms with E-state index in [1.165, 1.54) is 6.07 Å². The van der Waals surface area contributed by atoms with E-state index in [0.717, 1.165) is 38.8 Å². The van der Waals surface area contributed by atoms with Crippen molar-refractivity contribution in [1.82, 2.24) is 34.9 Å². The Labute approximate surface area is 175 Å². The van der Waals surface area contributed by atoms with Crippen LogP contribution < -0.4 is 0 Å². The number of fused-ring (bicyclic) bond motifs is 2. The van der Waals surface area contributed by atoms with Crippen molar-refractivity contribution < 1.29 is 4.39 Å². The first-order chi connectivity index (χ1) is 15.2. The van der Waals surface area contributed by atoms with E-state index in [1.807, 2.05) is 31.4 Å². The molecule has 2 N–H and O–H groups in total. The van der Waals surface area contributed by atoms with Gasteiger partial charge in [-0.1, -0.05) is 12.1 Å². The SMILES string of the molecule is Cn1cc(-c2cnc3[nH]nc(-c4cc5c(-c6ccccc6F)nccc5[nH]4)c3c2)cn1. The van der Waals surface area contributed by atoms with E-state index in [2.05, 4.69) is 30.2 Å². The number of aromatic amines is 2. The van der Waals surface area contributed by atoms with Gasteiger partial charge in [0.15, 0.2) is 5.65 Å². The van der Waals surface area contributed by atoms with E-state index in [9.17, 15) is 4.39 Å². The van der Waals surface area contributed by atoms with Crippen LogP contribution in [0.3, 0.4) is 0 Å². The minimum atomic E-state index is -0.305. The molecule has 0 aliphatic rings. The summed E-state index contributed by atoms with van der Waals surface area (Å²) in [6.07, 6.45) is 7.22. The van der Waals surface area contributed by atoms with Gasteiger partial charge in [-0.05, 0) is 30.3 Å². The Bertz CT molecular complexity index is 1570. The van der Waals surface area contributed by atoms with Gasteiger partial charge in [0, 0.05) is 58.6 Å². The van der Waals surface area contributed by atoms with Crippen LogP contribution in [0, 0.1) is 5.82 Å². The second-order valence-corrected chi connectivity index (χ2v) is 7.38. The highest BCUT2D eigenvalue weighted by Crippen LogP contribution is 2.34. The van der Waals surface area contributed by atoms with Crippen molar-refractivity contribution in [2.24, 2.45) is 7.05 Å². The molecule has 0 saturated heterocycles. The minimum Gasteiger partial charge on any atom is -0.353 e. The van der Waals surface area contributed by atoms with Crippen molar-refractivity contribution in [2.75, 3.05) is 0 Å². The number of pyridine rings is 2. The van der Waals surface area contributed by atoms with E-state index in [1.54, 1.807) is 41.5 Å². The lowest BCUT2D eigenvalue weighted by atomic mass is 10.1.